The standard InChI is InChI=1S/C22H22N6O3/c1-30-19-8-6-18(7-9-19)22-26-21(31-27-22)11-10-20(29)24-12-16-2-4-17(5-3-16)13-28-15-23-14-25-28/h2-9,14-15H,10-13H2,1H3,(H,24,29). The summed E-state index contributed by atoms with van der Waals surface area (Å²) in [5.74, 6) is 1.60. The normalized spacial score (nSPS) is 10.7. The van der Waals surface area contributed by atoms with Crippen molar-refractivity contribution in [3.05, 3.63) is 78.2 Å². The van der Waals surface area contributed by atoms with Gasteiger partial charge in [-0.2, -0.15) is 10.1 Å². The molecule has 2 aromatic carbocycles. The molecule has 0 unspecified atom stereocenters. The van der Waals surface area contributed by atoms with Crippen LogP contribution in [0.4, 0.5) is 0 Å². The number of aryl methyl sites for hydroxylation is 1. The lowest BCUT2D eigenvalue weighted by atomic mass is 10.1. The molecule has 4 aromatic rings. The van der Waals surface area contributed by atoms with Crippen molar-refractivity contribution in [2.24, 2.45) is 0 Å². The highest BCUT2D eigenvalue weighted by atomic mass is 16.5. The third kappa shape index (κ3) is 5.53. The molecule has 0 bridgehead atoms. The lowest BCUT2D eigenvalue weighted by molar-refractivity contribution is -0.121. The number of hydrogen-bond donors (Lipinski definition) is 1. The molecular weight excluding hydrogens is 396 g/mol. The molecule has 0 spiro atoms. The molecule has 0 fully saturated rings. The fourth-order valence-corrected chi connectivity index (χ4v) is 2.99. The Morgan fingerprint density at radius 3 is 2.58 bits per heavy atom. The van der Waals surface area contributed by atoms with E-state index in [1.54, 1.807) is 18.1 Å². The van der Waals surface area contributed by atoms with Crippen molar-refractivity contribution >= 4 is 5.91 Å². The Hall–Kier alpha value is -4.01. The monoisotopic (exact) mass is 418 g/mol. The summed E-state index contributed by atoms with van der Waals surface area (Å²) in [7, 11) is 1.61. The van der Waals surface area contributed by atoms with Gasteiger partial charge in [-0.3, -0.25) is 4.79 Å². The minimum atomic E-state index is -0.0733. The molecule has 9 heteroatoms. The molecule has 9 nitrogen and oxygen atoms in total. The predicted octanol–water partition coefficient (Wildman–Crippen LogP) is 2.63. The van der Waals surface area contributed by atoms with Gasteiger partial charge in [0.15, 0.2) is 0 Å². The van der Waals surface area contributed by atoms with Crippen LogP contribution < -0.4 is 10.1 Å². The van der Waals surface area contributed by atoms with Gasteiger partial charge in [-0.05, 0) is 35.4 Å². The van der Waals surface area contributed by atoms with Gasteiger partial charge in [0, 0.05) is 24.9 Å². The number of benzene rings is 2. The van der Waals surface area contributed by atoms with Crippen LogP contribution in [-0.2, 0) is 24.3 Å². The Kier molecular flexibility index (Phi) is 6.32. The molecule has 0 saturated carbocycles. The van der Waals surface area contributed by atoms with Crippen LogP contribution in [0, 0.1) is 0 Å². The SMILES string of the molecule is COc1ccc(-c2noc(CCC(=O)NCc3ccc(Cn4cncn4)cc3)n2)cc1. The van der Waals surface area contributed by atoms with Gasteiger partial charge in [0.2, 0.25) is 17.6 Å². The van der Waals surface area contributed by atoms with Crippen LogP contribution in [0.1, 0.15) is 23.4 Å². The maximum absolute atomic E-state index is 12.2. The lowest BCUT2D eigenvalue weighted by Crippen LogP contribution is -2.23. The van der Waals surface area contributed by atoms with Gasteiger partial charge in [0.05, 0.1) is 13.7 Å². The number of amides is 1. The lowest BCUT2D eigenvalue weighted by Gasteiger charge is -2.06. The van der Waals surface area contributed by atoms with Crippen LogP contribution in [0.15, 0.2) is 65.7 Å². The summed E-state index contributed by atoms with van der Waals surface area (Å²) >= 11 is 0. The number of carbonyl (C=O) groups is 1. The zero-order valence-corrected chi connectivity index (χ0v) is 17.1. The van der Waals surface area contributed by atoms with Gasteiger partial charge in [-0.1, -0.05) is 29.4 Å². The molecule has 0 saturated heterocycles. The Labute approximate surface area is 179 Å². The van der Waals surface area contributed by atoms with Crippen molar-refractivity contribution < 1.29 is 14.1 Å². The molecule has 2 heterocycles. The molecule has 1 amide bonds. The number of methoxy groups -OCH3 is 1. The number of nitrogens with one attached hydrogen (secondary N) is 1. The summed E-state index contributed by atoms with van der Waals surface area (Å²) in [6.45, 7) is 1.12. The van der Waals surface area contributed by atoms with E-state index in [1.165, 1.54) is 6.33 Å². The van der Waals surface area contributed by atoms with Crippen molar-refractivity contribution in [2.75, 3.05) is 7.11 Å². The molecule has 0 aliphatic heterocycles. The topological polar surface area (TPSA) is 108 Å². The smallest absolute Gasteiger partial charge is 0.227 e. The zero-order chi connectivity index (χ0) is 21.5. The van der Waals surface area contributed by atoms with Crippen LogP contribution in [0.3, 0.4) is 0 Å². The number of ether oxygens (including phenoxy) is 1. The summed E-state index contributed by atoms with van der Waals surface area (Å²) in [5, 5.41) is 11.0. The van der Waals surface area contributed by atoms with Gasteiger partial charge in [-0.15, -0.1) is 0 Å². The van der Waals surface area contributed by atoms with E-state index in [0.29, 0.717) is 31.2 Å². The minimum Gasteiger partial charge on any atom is -0.497 e. The molecule has 0 aliphatic rings. The van der Waals surface area contributed by atoms with Crippen molar-refractivity contribution in [3.8, 4) is 17.1 Å². The number of carbonyl (C=O) groups excluding carboxylic acids is 1. The summed E-state index contributed by atoms with van der Waals surface area (Å²) in [6.07, 6.45) is 3.84. The van der Waals surface area contributed by atoms with Crippen LogP contribution in [0.2, 0.25) is 0 Å². The van der Waals surface area contributed by atoms with Crippen LogP contribution in [0.25, 0.3) is 11.4 Å². The average molecular weight is 418 g/mol. The number of aromatic nitrogens is 5. The second-order valence-corrected chi connectivity index (χ2v) is 6.93. The third-order valence-corrected chi connectivity index (χ3v) is 4.71. The highest BCUT2D eigenvalue weighted by Crippen LogP contribution is 2.20. The molecular formula is C22H22N6O3. The first-order valence-corrected chi connectivity index (χ1v) is 9.83. The van der Waals surface area contributed by atoms with Gasteiger partial charge < -0.3 is 14.6 Å². The Balaban J connectivity index is 1.22. The van der Waals surface area contributed by atoms with Crippen molar-refractivity contribution in [2.45, 2.75) is 25.9 Å². The molecule has 0 aliphatic carbocycles. The highest BCUT2D eigenvalue weighted by Gasteiger charge is 2.11. The summed E-state index contributed by atoms with van der Waals surface area (Å²) in [4.78, 5) is 20.5. The fourth-order valence-electron chi connectivity index (χ4n) is 2.99. The fraction of sp³-hybridized carbons (Fsp3) is 0.227. The van der Waals surface area contributed by atoms with Crippen molar-refractivity contribution in [1.82, 2.24) is 30.2 Å². The van der Waals surface area contributed by atoms with E-state index in [1.807, 2.05) is 48.5 Å². The molecule has 0 radical (unpaired) electrons. The number of nitrogens with zero attached hydrogens (tertiary/aromatic N) is 5. The second kappa shape index (κ2) is 9.66. The maximum Gasteiger partial charge on any atom is 0.227 e. The van der Waals surface area contributed by atoms with Gasteiger partial charge in [-0.25, -0.2) is 9.67 Å². The Morgan fingerprint density at radius 1 is 1.10 bits per heavy atom. The summed E-state index contributed by atoms with van der Waals surface area (Å²) in [5.41, 5.74) is 2.97. The van der Waals surface area contributed by atoms with Crippen LogP contribution >= 0.6 is 0 Å². The maximum atomic E-state index is 12.2. The van der Waals surface area contributed by atoms with Gasteiger partial charge >= 0.3 is 0 Å². The van der Waals surface area contributed by atoms with Gasteiger partial charge in [0.25, 0.3) is 0 Å². The van der Waals surface area contributed by atoms with E-state index >= 15 is 0 Å². The van der Waals surface area contributed by atoms with Crippen LogP contribution in [0.5, 0.6) is 5.75 Å². The highest BCUT2D eigenvalue weighted by molar-refractivity contribution is 5.76. The molecule has 4 rings (SSSR count). The van der Waals surface area contributed by atoms with Gasteiger partial charge in [0.1, 0.15) is 18.4 Å². The predicted molar refractivity (Wildman–Crippen MR) is 112 cm³/mol. The Morgan fingerprint density at radius 2 is 1.87 bits per heavy atom. The Bertz CT molecular complexity index is 1110. The average Bonchev–Trinajstić information content (AvgIpc) is 3.49. The minimum absolute atomic E-state index is 0.0733. The molecule has 2 aromatic heterocycles. The van der Waals surface area contributed by atoms with Crippen molar-refractivity contribution in [1.29, 1.82) is 0 Å². The largest absolute Gasteiger partial charge is 0.497 e. The van der Waals surface area contributed by atoms with E-state index in [-0.39, 0.29) is 12.3 Å². The third-order valence-electron chi connectivity index (χ3n) is 4.71. The molecule has 0 atom stereocenters. The second-order valence-electron chi connectivity index (χ2n) is 6.93. The number of hydrogen-bond acceptors (Lipinski definition) is 7. The zero-order valence-electron chi connectivity index (χ0n) is 17.1. The number of rotatable bonds is 9. The first kappa shape index (κ1) is 20.3. The van der Waals surface area contributed by atoms with Crippen molar-refractivity contribution in [3.63, 3.8) is 0 Å². The van der Waals surface area contributed by atoms with E-state index in [4.69, 9.17) is 9.26 Å². The first-order valence-electron chi connectivity index (χ1n) is 9.83. The first-order chi connectivity index (χ1) is 15.2. The van der Waals surface area contributed by atoms with E-state index in [2.05, 4.69) is 25.5 Å². The van der Waals surface area contributed by atoms with E-state index in [9.17, 15) is 4.79 Å². The summed E-state index contributed by atoms with van der Waals surface area (Å²) < 4.78 is 12.2. The van der Waals surface area contributed by atoms with Crippen LogP contribution in [-0.4, -0.2) is 37.9 Å². The van der Waals surface area contributed by atoms with E-state index < -0.39 is 0 Å². The molecule has 31 heavy (non-hydrogen) atoms. The summed E-state index contributed by atoms with van der Waals surface area (Å²) in [6, 6.07) is 15.4. The van der Waals surface area contributed by atoms with E-state index in [0.717, 1.165) is 22.4 Å². The quantitative estimate of drug-likeness (QED) is 0.445. The molecule has 1 N–H and O–H groups in total. The molecule has 158 valence electrons.